The summed E-state index contributed by atoms with van der Waals surface area (Å²) in [6.07, 6.45) is 2.04. The van der Waals surface area contributed by atoms with Gasteiger partial charge in [-0.2, -0.15) is 0 Å². The van der Waals surface area contributed by atoms with Crippen molar-refractivity contribution in [2.45, 2.75) is 26.2 Å². The Labute approximate surface area is 146 Å². The zero-order valence-electron chi connectivity index (χ0n) is 13.0. The Morgan fingerprint density at radius 3 is 2.55 bits per heavy atom. The summed E-state index contributed by atoms with van der Waals surface area (Å²) < 4.78 is 6.43. The molecule has 0 aliphatic carbocycles. The number of methoxy groups -OCH3 is 1. The number of ketones is 1. The molecule has 0 radical (unpaired) electrons. The molecule has 0 N–H and O–H groups in total. The fraction of sp³-hybridized carbons (Fsp3) is 0.316. The number of halogens is 1. The van der Waals surface area contributed by atoms with Gasteiger partial charge in [0.1, 0.15) is 11.5 Å². The number of rotatable bonds is 7. The molecule has 0 heterocycles. The lowest BCUT2D eigenvalue weighted by molar-refractivity contribution is -0.119. The molecule has 0 amide bonds. The van der Waals surface area contributed by atoms with E-state index in [1.54, 1.807) is 7.11 Å². The van der Waals surface area contributed by atoms with E-state index in [0.717, 1.165) is 17.7 Å². The van der Waals surface area contributed by atoms with Gasteiger partial charge in [0.15, 0.2) is 0 Å². The molecule has 2 rings (SSSR count). The maximum absolute atomic E-state index is 12.2. The second-order valence-electron chi connectivity index (χ2n) is 5.71. The highest BCUT2D eigenvalue weighted by atomic mass is 127. The van der Waals surface area contributed by atoms with Gasteiger partial charge in [0.05, 0.1) is 7.11 Å². The molecule has 2 aromatic carbocycles. The molecule has 2 nitrogen and oxygen atoms in total. The number of ether oxygens (including phenoxy) is 1. The summed E-state index contributed by atoms with van der Waals surface area (Å²) >= 11 is 2.27. The highest BCUT2D eigenvalue weighted by Crippen LogP contribution is 2.18. The smallest absolute Gasteiger partial charge is 0.137 e. The Bertz CT molecular complexity index is 620. The highest BCUT2D eigenvalue weighted by molar-refractivity contribution is 14.1. The Balaban J connectivity index is 1.86. The number of carbonyl (C=O) groups excluding carboxylic acids is 1. The van der Waals surface area contributed by atoms with E-state index >= 15 is 0 Å². The third-order valence-electron chi connectivity index (χ3n) is 3.61. The van der Waals surface area contributed by atoms with Crippen LogP contribution in [0.4, 0.5) is 0 Å². The highest BCUT2D eigenvalue weighted by Gasteiger charge is 2.11. The lowest BCUT2D eigenvalue weighted by atomic mass is 9.94. The molecule has 2 aromatic rings. The molecule has 0 saturated carbocycles. The summed E-state index contributed by atoms with van der Waals surface area (Å²) in [5.74, 6) is 1.51. The van der Waals surface area contributed by atoms with Gasteiger partial charge in [-0.3, -0.25) is 4.79 Å². The Kier molecular flexibility index (Phi) is 6.43. The first-order valence-electron chi connectivity index (χ1n) is 7.46. The van der Waals surface area contributed by atoms with Gasteiger partial charge < -0.3 is 4.74 Å². The molecule has 0 aliphatic heterocycles. The summed E-state index contributed by atoms with van der Waals surface area (Å²) in [7, 11) is 1.67. The van der Waals surface area contributed by atoms with Crippen molar-refractivity contribution in [3.63, 3.8) is 0 Å². The van der Waals surface area contributed by atoms with Crippen LogP contribution in [0.1, 0.15) is 24.5 Å². The minimum absolute atomic E-state index is 0.302. The lowest BCUT2D eigenvalue weighted by Crippen LogP contribution is -2.10. The largest absolute Gasteiger partial charge is 0.497 e. The van der Waals surface area contributed by atoms with Crippen LogP contribution in [-0.2, 0) is 17.6 Å². The fourth-order valence-electron chi connectivity index (χ4n) is 2.56. The first-order valence-corrected chi connectivity index (χ1v) is 8.54. The standard InChI is InChI=1S/C19H21IO2/c1-14(10-16-4-3-5-19(13-16)22-2)11-18(21)12-15-6-8-17(20)9-7-15/h3-9,13-14H,10-12H2,1-2H3. The second kappa shape index (κ2) is 8.32. The van der Waals surface area contributed by atoms with Crippen LogP contribution in [0.15, 0.2) is 48.5 Å². The maximum atomic E-state index is 12.2. The van der Waals surface area contributed by atoms with E-state index in [1.165, 1.54) is 9.13 Å². The summed E-state index contributed by atoms with van der Waals surface area (Å²) in [5, 5.41) is 0. The minimum Gasteiger partial charge on any atom is -0.497 e. The molecule has 1 atom stereocenters. The Morgan fingerprint density at radius 2 is 1.86 bits per heavy atom. The van der Waals surface area contributed by atoms with Crippen molar-refractivity contribution < 1.29 is 9.53 Å². The lowest BCUT2D eigenvalue weighted by Gasteiger charge is -2.11. The van der Waals surface area contributed by atoms with Gasteiger partial charge in [-0.1, -0.05) is 31.2 Å². The van der Waals surface area contributed by atoms with Gasteiger partial charge in [0.2, 0.25) is 0 Å². The van der Waals surface area contributed by atoms with E-state index in [2.05, 4.69) is 35.6 Å². The van der Waals surface area contributed by atoms with Crippen molar-refractivity contribution in [1.82, 2.24) is 0 Å². The molecule has 3 heteroatoms. The van der Waals surface area contributed by atoms with Crippen LogP contribution in [-0.4, -0.2) is 12.9 Å². The van der Waals surface area contributed by atoms with E-state index in [4.69, 9.17) is 4.74 Å². The molecule has 0 fully saturated rings. The van der Waals surface area contributed by atoms with E-state index in [0.29, 0.717) is 24.5 Å². The van der Waals surface area contributed by atoms with Crippen molar-refractivity contribution >= 4 is 28.4 Å². The monoisotopic (exact) mass is 408 g/mol. The number of benzene rings is 2. The van der Waals surface area contributed by atoms with Crippen molar-refractivity contribution in [1.29, 1.82) is 0 Å². The van der Waals surface area contributed by atoms with Crippen LogP contribution in [0.2, 0.25) is 0 Å². The summed E-state index contributed by atoms with van der Waals surface area (Å²) in [5.41, 5.74) is 2.31. The van der Waals surface area contributed by atoms with Crippen molar-refractivity contribution in [2.24, 2.45) is 5.92 Å². The Morgan fingerprint density at radius 1 is 1.14 bits per heavy atom. The van der Waals surface area contributed by atoms with Crippen LogP contribution in [0.3, 0.4) is 0 Å². The molecule has 116 valence electrons. The summed E-state index contributed by atoms with van der Waals surface area (Å²) in [4.78, 5) is 12.2. The van der Waals surface area contributed by atoms with Crippen LogP contribution in [0, 0.1) is 9.49 Å². The maximum Gasteiger partial charge on any atom is 0.137 e. The molecule has 0 aromatic heterocycles. The van der Waals surface area contributed by atoms with E-state index < -0.39 is 0 Å². The molecule has 22 heavy (non-hydrogen) atoms. The van der Waals surface area contributed by atoms with Gasteiger partial charge in [-0.25, -0.2) is 0 Å². The van der Waals surface area contributed by atoms with E-state index in [1.807, 2.05) is 42.5 Å². The molecular weight excluding hydrogens is 387 g/mol. The topological polar surface area (TPSA) is 26.3 Å². The average molecular weight is 408 g/mol. The van der Waals surface area contributed by atoms with E-state index in [9.17, 15) is 4.79 Å². The van der Waals surface area contributed by atoms with Crippen LogP contribution >= 0.6 is 22.6 Å². The van der Waals surface area contributed by atoms with Gasteiger partial charge >= 0.3 is 0 Å². The second-order valence-corrected chi connectivity index (χ2v) is 6.95. The van der Waals surface area contributed by atoms with Crippen LogP contribution < -0.4 is 4.74 Å². The predicted octanol–water partition coefficient (Wildman–Crippen LogP) is 4.68. The molecule has 0 aliphatic rings. The van der Waals surface area contributed by atoms with Gasteiger partial charge in [-0.15, -0.1) is 0 Å². The van der Waals surface area contributed by atoms with Crippen LogP contribution in [0.5, 0.6) is 5.75 Å². The first-order chi connectivity index (χ1) is 10.6. The van der Waals surface area contributed by atoms with E-state index in [-0.39, 0.29) is 0 Å². The van der Waals surface area contributed by atoms with Crippen LogP contribution in [0.25, 0.3) is 0 Å². The zero-order chi connectivity index (χ0) is 15.9. The minimum atomic E-state index is 0.302. The Hall–Kier alpha value is -1.36. The number of Topliss-reactive ketones (excluding diaryl/α,β-unsaturated/α-hetero) is 1. The quantitative estimate of drug-likeness (QED) is 0.622. The fourth-order valence-corrected chi connectivity index (χ4v) is 2.92. The van der Waals surface area contributed by atoms with Crippen molar-refractivity contribution in [3.05, 3.63) is 63.2 Å². The van der Waals surface area contributed by atoms with Gasteiger partial charge in [-0.05, 0) is 70.3 Å². The molecule has 0 saturated heterocycles. The molecule has 1 unspecified atom stereocenters. The SMILES string of the molecule is COc1cccc(CC(C)CC(=O)Cc2ccc(I)cc2)c1. The summed E-state index contributed by atoms with van der Waals surface area (Å²) in [6, 6.07) is 16.2. The molecule has 0 bridgehead atoms. The number of hydrogen-bond donors (Lipinski definition) is 0. The third-order valence-corrected chi connectivity index (χ3v) is 4.33. The number of hydrogen-bond acceptors (Lipinski definition) is 2. The van der Waals surface area contributed by atoms with Gasteiger partial charge in [0, 0.05) is 16.4 Å². The molecular formula is C19H21IO2. The predicted molar refractivity (Wildman–Crippen MR) is 98.3 cm³/mol. The van der Waals surface area contributed by atoms with Crippen molar-refractivity contribution in [2.75, 3.05) is 7.11 Å². The third kappa shape index (κ3) is 5.44. The number of carbonyl (C=O) groups is 1. The first kappa shape index (κ1) is 17.0. The zero-order valence-corrected chi connectivity index (χ0v) is 15.2. The summed E-state index contributed by atoms with van der Waals surface area (Å²) in [6.45, 7) is 2.13. The van der Waals surface area contributed by atoms with Crippen molar-refractivity contribution in [3.8, 4) is 5.75 Å². The normalized spacial score (nSPS) is 12.0. The molecule has 0 spiro atoms. The van der Waals surface area contributed by atoms with Gasteiger partial charge in [0.25, 0.3) is 0 Å². The average Bonchev–Trinajstić information content (AvgIpc) is 2.49.